The van der Waals surface area contributed by atoms with Gasteiger partial charge in [0.1, 0.15) is 0 Å². The summed E-state index contributed by atoms with van der Waals surface area (Å²) in [4.78, 5) is 0. The average Bonchev–Trinajstić information content (AvgIpc) is 2.18. The average molecular weight is 183 g/mol. The highest BCUT2D eigenvalue weighted by molar-refractivity contribution is 4.87. The number of rotatable bonds is 3. The van der Waals surface area contributed by atoms with E-state index in [0.29, 0.717) is 5.54 Å². The third kappa shape index (κ3) is 2.70. The van der Waals surface area contributed by atoms with Gasteiger partial charge in [0.2, 0.25) is 0 Å². The summed E-state index contributed by atoms with van der Waals surface area (Å²) >= 11 is 0. The number of nitrogens with one attached hydrogen (secondary N) is 1. The summed E-state index contributed by atoms with van der Waals surface area (Å²) in [6, 6.07) is 0. The van der Waals surface area contributed by atoms with Crippen molar-refractivity contribution in [2.75, 3.05) is 7.05 Å². The molecule has 0 radical (unpaired) electrons. The molecule has 0 spiro atoms. The maximum absolute atomic E-state index is 3.44. The predicted molar refractivity (Wildman–Crippen MR) is 58.9 cm³/mol. The Morgan fingerprint density at radius 3 is 2.08 bits per heavy atom. The van der Waals surface area contributed by atoms with Crippen molar-refractivity contribution in [2.24, 2.45) is 11.8 Å². The summed E-state index contributed by atoms with van der Waals surface area (Å²) in [6.45, 7) is 7.00. The second-order valence-corrected chi connectivity index (χ2v) is 5.10. The largest absolute Gasteiger partial charge is 0.315 e. The summed E-state index contributed by atoms with van der Waals surface area (Å²) in [7, 11) is 2.09. The first kappa shape index (κ1) is 11.0. The van der Waals surface area contributed by atoms with Crippen LogP contribution in [-0.4, -0.2) is 12.6 Å². The molecule has 1 aliphatic carbocycles. The molecule has 1 rings (SSSR count). The lowest BCUT2D eigenvalue weighted by molar-refractivity contribution is 0.171. The summed E-state index contributed by atoms with van der Waals surface area (Å²) in [5.74, 6) is 1.91. The van der Waals surface area contributed by atoms with Gasteiger partial charge in [0, 0.05) is 5.54 Å². The quantitative estimate of drug-likeness (QED) is 0.708. The summed E-state index contributed by atoms with van der Waals surface area (Å²) in [5.41, 5.74) is 0.346. The van der Waals surface area contributed by atoms with Crippen molar-refractivity contribution >= 4 is 0 Å². The predicted octanol–water partition coefficient (Wildman–Crippen LogP) is 3.20. The van der Waals surface area contributed by atoms with Crippen molar-refractivity contribution < 1.29 is 0 Å². The Morgan fingerprint density at radius 1 is 1.15 bits per heavy atom. The Bertz CT molecular complexity index is 143. The van der Waals surface area contributed by atoms with Crippen molar-refractivity contribution in [2.45, 2.75) is 58.4 Å². The maximum Gasteiger partial charge on any atom is 0.0150 e. The fraction of sp³-hybridized carbons (Fsp3) is 1.00. The number of hydrogen-bond donors (Lipinski definition) is 1. The highest BCUT2D eigenvalue weighted by Gasteiger charge is 2.31. The fourth-order valence-corrected chi connectivity index (χ4v) is 2.50. The molecule has 1 nitrogen and oxygen atoms in total. The molecule has 0 bridgehead atoms. The van der Waals surface area contributed by atoms with Crippen LogP contribution in [0.1, 0.15) is 52.9 Å². The van der Waals surface area contributed by atoms with Gasteiger partial charge in [-0.05, 0) is 45.6 Å². The fourth-order valence-electron chi connectivity index (χ4n) is 2.50. The Labute approximate surface area is 83.3 Å². The van der Waals surface area contributed by atoms with Crippen LogP contribution in [0.5, 0.6) is 0 Å². The molecule has 1 heteroatoms. The molecule has 0 aliphatic heterocycles. The monoisotopic (exact) mass is 183 g/mol. The van der Waals surface area contributed by atoms with Gasteiger partial charge in [0.15, 0.2) is 0 Å². The van der Waals surface area contributed by atoms with E-state index < -0.39 is 0 Å². The van der Waals surface area contributed by atoms with E-state index in [1.54, 1.807) is 0 Å². The van der Waals surface area contributed by atoms with E-state index in [9.17, 15) is 0 Å². The molecule has 0 unspecified atom stereocenters. The van der Waals surface area contributed by atoms with Crippen LogP contribution in [0, 0.1) is 11.8 Å². The van der Waals surface area contributed by atoms with Gasteiger partial charge in [0.25, 0.3) is 0 Å². The molecular weight excluding hydrogens is 158 g/mol. The lowest BCUT2D eigenvalue weighted by Gasteiger charge is -2.39. The van der Waals surface area contributed by atoms with Gasteiger partial charge in [0.05, 0.1) is 0 Å². The minimum atomic E-state index is 0.346. The van der Waals surface area contributed by atoms with Crippen LogP contribution in [0.25, 0.3) is 0 Å². The Kier molecular flexibility index (Phi) is 3.78. The van der Waals surface area contributed by atoms with Crippen LogP contribution in [0.3, 0.4) is 0 Å². The zero-order valence-electron chi connectivity index (χ0n) is 9.69. The third-order valence-corrected chi connectivity index (χ3v) is 4.09. The van der Waals surface area contributed by atoms with Crippen molar-refractivity contribution in [3.8, 4) is 0 Å². The zero-order valence-corrected chi connectivity index (χ0v) is 9.69. The molecule has 0 aromatic heterocycles. The molecule has 0 aromatic rings. The molecule has 1 N–H and O–H groups in total. The lowest BCUT2D eigenvalue weighted by atomic mass is 9.73. The molecule has 1 fully saturated rings. The highest BCUT2D eigenvalue weighted by Crippen LogP contribution is 2.36. The van der Waals surface area contributed by atoms with Crippen molar-refractivity contribution in [1.82, 2.24) is 5.32 Å². The van der Waals surface area contributed by atoms with Gasteiger partial charge in [-0.3, -0.25) is 0 Å². The molecule has 1 saturated carbocycles. The van der Waals surface area contributed by atoms with Crippen molar-refractivity contribution in [3.05, 3.63) is 0 Å². The highest BCUT2D eigenvalue weighted by atomic mass is 14.9. The SMILES string of the molecule is CCC1CCC(C(C)(C)NC)CC1. The molecule has 0 atom stereocenters. The topological polar surface area (TPSA) is 12.0 Å². The van der Waals surface area contributed by atoms with E-state index >= 15 is 0 Å². The van der Waals surface area contributed by atoms with E-state index in [2.05, 4.69) is 33.1 Å². The summed E-state index contributed by atoms with van der Waals surface area (Å²) < 4.78 is 0. The smallest absolute Gasteiger partial charge is 0.0150 e. The van der Waals surface area contributed by atoms with Crippen LogP contribution >= 0.6 is 0 Å². The maximum atomic E-state index is 3.44. The molecule has 0 amide bonds. The Morgan fingerprint density at radius 2 is 1.69 bits per heavy atom. The van der Waals surface area contributed by atoms with Crippen LogP contribution in [-0.2, 0) is 0 Å². The van der Waals surface area contributed by atoms with E-state index in [1.165, 1.54) is 32.1 Å². The standard InChI is InChI=1S/C12H25N/c1-5-10-6-8-11(9-7-10)12(2,3)13-4/h10-11,13H,5-9H2,1-4H3. The van der Waals surface area contributed by atoms with Gasteiger partial charge in [-0.2, -0.15) is 0 Å². The van der Waals surface area contributed by atoms with Crippen molar-refractivity contribution in [1.29, 1.82) is 0 Å². The van der Waals surface area contributed by atoms with E-state index in [0.717, 1.165) is 11.8 Å². The van der Waals surface area contributed by atoms with Gasteiger partial charge < -0.3 is 5.32 Å². The number of hydrogen-bond acceptors (Lipinski definition) is 1. The van der Waals surface area contributed by atoms with E-state index in [4.69, 9.17) is 0 Å². The molecule has 13 heavy (non-hydrogen) atoms. The van der Waals surface area contributed by atoms with Crippen LogP contribution in [0.15, 0.2) is 0 Å². The van der Waals surface area contributed by atoms with Crippen LogP contribution in [0.2, 0.25) is 0 Å². The van der Waals surface area contributed by atoms with E-state index in [1.807, 2.05) is 0 Å². The second kappa shape index (κ2) is 4.45. The van der Waals surface area contributed by atoms with Gasteiger partial charge in [-0.15, -0.1) is 0 Å². The second-order valence-electron chi connectivity index (χ2n) is 5.10. The first-order valence-electron chi connectivity index (χ1n) is 5.79. The van der Waals surface area contributed by atoms with Gasteiger partial charge in [-0.1, -0.05) is 26.2 Å². The molecular formula is C12H25N. The first-order chi connectivity index (χ1) is 6.10. The lowest BCUT2D eigenvalue weighted by Crippen LogP contribution is -2.45. The Hall–Kier alpha value is -0.0400. The van der Waals surface area contributed by atoms with Crippen molar-refractivity contribution in [3.63, 3.8) is 0 Å². The molecule has 0 saturated heterocycles. The van der Waals surface area contributed by atoms with Crippen LogP contribution in [0.4, 0.5) is 0 Å². The molecule has 0 aromatic carbocycles. The first-order valence-corrected chi connectivity index (χ1v) is 5.79. The van der Waals surface area contributed by atoms with Gasteiger partial charge >= 0.3 is 0 Å². The summed E-state index contributed by atoms with van der Waals surface area (Å²) in [5, 5.41) is 3.44. The third-order valence-electron chi connectivity index (χ3n) is 4.09. The Balaban J connectivity index is 2.40. The minimum Gasteiger partial charge on any atom is -0.315 e. The van der Waals surface area contributed by atoms with E-state index in [-0.39, 0.29) is 0 Å². The molecule has 0 heterocycles. The zero-order chi connectivity index (χ0) is 9.90. The minimum absolute atomic E-state index is 0.346. The van der Waals surface area contributed by atoms with Crippen LogP contribution < -0.4 is 5.32 Å². The molecule has 1 aliphatic rings. The normalized spacial score (nSPS) is 30.5. The molecule has 78 valence electrons. The summed E-state index contributed by atoms with van der Waals surface area (Å²) in [6.07, 6.45) is 7.13. The van der Waals surface area contributed by atoms with Gasteiger partial charge in [-0.25, -0.2) is 0 Å².